The lowest BCUT2D eigenvalue weighted by atomic mass is 10.0. The summed E-state index contributed by atoms with van der Waals surface area (Å²) in [6.07, 6.45) is 5.54. The Labute approximate surface area is 171 Å². The van der Waals surface area contributed by atoms with E-state index in [1.165, 1.54) is 34.9 Å². The fourth-order valence-electron chi connectivity index (χ4n) is 4.96. The average Bonchev–Trinajstić information content (AvgIpc) is 3.36. The molecule has 5 rings (SSSR count). The van der Waals surface area contributed by atoms with Gasteiger partial charge in [0.15, 0.2) is 5.69 Å². The number of fused-ring (bicyclic) bond motifs is 2. The van der Waals surface area contributed by atoms with Gasteiger partial charge in [-0.05, 0) is 29.2 Å². The minimum Gasteiger partial charge on any atom is -0.348 e. The summed E-state index contributed by atoms with van der Waals surface area (Å²) < 4.78 is 1.91. The third-order valence-corrected chi connectivity index (χ3v) is 6.50. The second-order valence-electron chi connectivity index (χ2n) is 8.45. The van der Waals surface area contributed by atoms with Gasteiger partial charge in [0, 0.05) is 50.4 Å². The SMILES string of the molecule is Cn1nc(C(=O)NC2CCCC2)c2c1CCN(Cc1cccc3ccccc13)C2. The Bertz CT molecular complexity index is 1040. The number of amides is 1. The van der Waals surface area contributed by atoms with E-state index in [-0.39, 0.29) is 5.91 Å². The van der Waals surface area contributed by atoms with E-state index in [0.29, 0.717) is 11.7 Å². The molecule has 1 fully saturated rings. The molecule has 1 aliphatic heterocycles. The first-order chi connectivity index (χ1) is 14.2. The first-order valence-corrected chi connectivity index (χ1v) is 10.7. The van der Waals surface area contributed by atoms with Gasteiger partial charge in [-0.25, -0.2) is 0 Å². The van der Waals surface area contributed by atoms with Gasteiger partial charge in [0.25, 0.3) is 5.91 Å². The molecule has 1 aliphatic carbocycles. The van der Waals surface area contributed by atoms with Gasteiger partial charge < -0.3 is 5.32 Å². The number of nitrogens with one attached hydrogen (secondary N) is 1. The molecule has 0 atom stereocenters. The van der Waals surface area contributed by atoms with Gasteiger partial charge in [-0.3, -0.25) is 14.4 Å². The van der Waals surface area contributed by atoms with E-state index < -0.39 is 0 Å². The molecule has 0 bridgehead atoms. The van der Waals surface area contributed by atoms with Gasteiger partial charge >= 0.3 is 0 Å². The van der Waals surface area contributed by atoms with Crippen LogP contribution in [0, 0.1) is 0 Å². The molecule has 2 aliphatic rings. The third kappa shape index (κ3) is 3.55. The molecular formula is C24H28N4O. The summed E-state index contributed by atoms with van der Waals surface area (Å²) >= 11 is 0. The maximum atomic E-state index is 12.9. The zero-order valence-corrected chi connectivity index (χ0v) is 17.0. The molecule has 0 unspecified atom stereocenters. The molecule has 2 heterocycles. The summed E-state index contributed by atoms with van der Waals surface area (Å²) in [5.74, 6) is 0.000705. The minimum atomic E-state index is 0.000705. The Morgan fingerprint density at radius 1 is 1.14 bits per heavy atom. The summed E-state index contributed by atoms with van der Waals surface area (Å²) in [6.45, 7) is 2.65. The minimum absolute atomic E-state index is 0.000705. The number of nitrogens with zero attached hydrogens (tertiary/aromatic N) is 3. The first kappa shape index (κ1) is 18.4. The highest BCUT2D eigenvalue weighted by Crippen LogP contribution is 2.26. The normalized spacial score (nSPS) is 17.6. The molecule has 150 valence electrons. The molecule has 0 saturated heterocycles. The lowest BCUT2D eigenvalue weighted by Gasteiger charge is -2.28. The molecule has 3 aromatic rings. The molecule has 2 aromatic carbocycles. The predicted molar refractivity (Wildman–Crippen MR) is 115 cm³/mol. The second kappa shape index (κ2) is 7.64. The van der Waals surface area contributed by atoms with Gasteiger partial charge in [0.1, 0.15) is 0 Å². The number of carbonyl (C=O) groups excluding carboxylic acids is 1. The van der Waals surface area contributed by atoms with Crippen molar-refractivity contribution in [3.8, 4) is 0 Å². The predicted octanol–water partition coefficient (Wildman–Crippen LogP) is 3.80. The highest BCUT2D eigenvalue weighted by molar-refractivity contribution is 5.94. The van der Waals surface area contributed by atoms with Crippen LogP contribution in [-0.4, -0.2) is 33.2 Å². The standard InChI is InChI=1S/C24H28N4O/c1-27-22-13-14-28(15-18-9-6-8-17-7-2-5-12-20(17)18)16-21(22)23(26-27)24(29)25-19-10-3-4-11-19/h2,5-9,12,19H,3-4,10-11,13-16H2,1H3,(H,25,29). The van der Waals surface area contributed by atoms with Crippen LogP contribution >= 0.6 is 0 Å². The van der Waals surface area contributed by atoms with Crippen LogP contribution in [-0.2, 0) is 26.6 Å². The number of carbonyl (C=O) groups is 1. The van der Waals surface area contributed by atoms with Crippen LogP contribution in [0.15, 0.2) is 42.5 Å². The van der Waals surface area contributed by atoms with Crippen molar-refractivity contribution >= 4 is 16.7 Å². The smallest absolute Gasteiger partial charge is 0.272 e. The van der Waals surface area contributed by atoms with Crippen molar-refractivity contribution in [1.82, 2.24) is 20.0 Å². The van der Waals surface area contributed by atoms with Crippen LogP contribution in [0.4, 0.5) is 0 Å². The van der Waals surface area contributed by atoms with E-state index in [4.69, 9.17) is 0 Å². The zero-order valence-electron chi connectivity index (χ0n) is 17.0. The topological polar surface area (TPSA) is 50.2 Å². The fourth-order valence-corrected chi connectivity index (χ4v) is 4.96. The summed E-state index contributed by atoms with van der Waals surface area (Å²) in [5.41, 5.74) is 4.27. The van der Waals surface area contributed by atoms with Gasteiger partial charge in [-0.2, -0.15) is 5.10 Å². The molecule has 5 nitrogen and oxygen atoms in total. The Balaban J connectivity index is 1.38. The van der Waals surface area contributed by atoms with Crippen molar-refractivity contribution in [2.75, 3.05) is 6.54 Å². The van der Waals surface area contributed by atoms with Crippen molar-refractivity contribution in [3.63, 3.8) is 0 Å². The maximum absolute atomic E-state index is 12.9. The molecule has 5 heteroatoms. The average molecular weight is 389 g/mol. The van der Waals surface area contributed by atoms with E-state index in [1.54, 1.807) is 0 Å². The van der Waals surface area contributed by atoms with Crippen molar-refractivity contribution < 1.29 is 4.79 Å². The third-order valence-electron chi connectivity index (χ3n) is 6.50. The van der Waals surface area contributed by atoms with Crippen LogP contribution < -0.4 is 5.32 Å². The number of aromatic nitrogens is 2. The highest BCUT2D eigenvalue weighted by atomic mass is 16.2. The quantitative estimate of drug-likeness (QED) is 0.740. The highest BCUT2D eigenvalue weighted by Gasteiger charge is 2.28. The van der Waals surface area contributed by atoms with E-state index in [2.05, 4.69) is 57.8 Å². The van der Waals surface area contributed by atoms with E-state index >= 15 is 0 Å². The summed E-state index contributed by atoms with van der Waals surface area (Å²) in [5, 5.41) is 10.4. The van der Waals surface area contributed by atoms with Gasteiger partial charge in [0.2, 0.25) is 0 Å². The Hall–Kier alpha value is -2.66. The molecule has 1 amide bonds. The molecule has 0 radical (unpaired) electrons. The molecule has 29 heavy (non-hydrogen) atoms. The Kier molecular flexibility index (Phi) is 4.84. The summed E-state index contributed by atoms with van der Waals surface area (Å²) in [7, 11) is 1.96. The van der Waals surface area contributed by atoms with Gasteiger partial charge in [0.05, 0.1) is 0 Å². The number of hydrogen-bond acceptors (Lipinski definition) is 3. The van der Waals surface area contributed by atoms with Crippen LogP contribution in [0.2, 0.25) is 0 Å². The van der Waals surface area contributed by atoms with E-state index in [0.717, 1.165) is 44.5 Å². The Morgan fingerprint density at radius 3 is 2.79 bits per heavy atom. The Morgan fingerprint density at radius 2 is 1.93 bits per heavy atom. The zero-order chi connectivity index (χ0) is 19.8. The number of aryl methyl sites for hydroxylation is 1. The lowest BCUT2D eigenvalue weighted by Crippen LogP contribution is -2.35. The van der Waals surface area contributed by atoms with Crippen molar-refractivity contribution in [3.05, 3.63) is 65.0 Å². The van der Waals surface area contributed by atoms with Gasteiger partial charge in [-0.1, -0.05) is 55.3 Å². The monoisotopic (exact) mass is 388 g/mol. The molecule has 0 spiro atoms. The lowest BCUT2D eigenvalue weighted by molar-refractivity contribution is 0.0929. The van der Waals surface area contributed by atoms with Crippen LogP contribution in [0.3, 0.4) is 0 Å². The van der Waals surface area contributed by atoms with E-state index in [1.807, 2.05) is 11.7 Å². The molecule has 1 N–H and O–H groups in total. The number of hydrogen-bond donors (Lipinski definition) is 1. The first-order valence-electron chi connectivity index (χ1n) is 10.7. The molecule has 1 saturated carbocycles. The van der Waals surface area contributed by atoms with Crippen molar-refractivity contribution in [1.29, 1.82) is 0 Å². The maximum Gasteiger partial charge on any atom is 0.272 e. The van der Waals surface area contributed by atoms with Crippen LogP contribution in [0.5, 0.6) is 0 Å². The number of benzene rings is 2. The van der Waals surface area contributed by atoms with Crippen molar-refractivity contribution in [2.45, 2.75) is 51.2 Å². The van der Waals surface area contributed by atoms with Crippen LogP contribution in [0.25, 0.3) is 10.8 Å². The van der Waals surface area contributed by atoms with E-state index in [9.17, 15) is 4.79 Å². The molecular weight excluding hydrogens is 360 g/mol. The van der Waals surface area contributed by atoms with Crippen LogP contribution in [0.1, 0.15) is 53.0 Å². The van der Waals surface area contributed by atoms with Gasteiger partial charge in [-0.15, -0.1) is 0 Å². The largest absolute Gasteiger partial charge is 0.348 e. The fraction of sp³-hybridized carbons (Fsp3) is 0.417. The summed E-state index contributed by atoms with van der Waals surface area (Å²) in [6, 6.07) is 15.4. The summed E-state index contributed by atoms with van der Waals surface area (Å²) in [4.78, 5) is 15.4. The van der Waals surface area contributed by atoms with Crippen molar-refractivity contribution in [2.24, 2.45) is 7.05 Å². The number of rotatable bonds is 4. The second-order valence-corrected chi connectivity index (χ2v) is 8.45. The molecule has 1 aromatic heterocycles.